The van der Waals surface area contributed by atoms with Gasteiger partial charge in [0.25, 0.3) is 5.91 Å². The number of nitrogens with zero attached hydrogens (tertiary/aromatic N) is 4. The van der Waals surface area contributed by atoms with Crippen LogP contribution < -0.4 is 10.6 Å². The number of nitrogens with one attached hydrogen (secondary N) is 2. The summed E-state index contributed by atoms with van der Waals surface area (Å²) in [5.41, 5.74) is 0.309. The standard InChI is InChI=1S/C14H10Cl2N6O2S3/c1-6-19-20-12(26-6)17-10(23)5-25-14-22-21-13(27-14)18-11(24)7-2-8(15)4-9(16)3-7/h2-4H,5H2,1H3,(H,17,20,23)(H,18,21,24). The Labute approximate surface area is 175 Å². The summed E-state index contributed by atoms with van der Waals surface area (Å²) in [5.74, 6) is -0.507. The minimum atomic E-state index is -0.406. The molecule has 140 valence electrons. The lowest BCUT2D eigenvalue weighted by Gasteiger charge is -2.02. The molecule has 2 heterocycles. The highest BCUT2D eigenvalue weighted by Crippen LogP contribution is 2.27. The fourth-order valence-corrected chi connectivity index (χ4v) is 4.48. The normalized spacial score (nSPS) is 10.6. The van der Waals surface area contributed by atoms with Crippen molar-refractivity contribution in [1.29, 1.82) is 0 Å². The summed E-state index contributed by atoms with van der Waals surface area (Å²) >= 11 is 15.4. The van der Waals surface area contributed by atoms with E-state index in [0.717, 1.165) is 16.3 Å². The number of hydrogen-bond acceptors (Lipinski definition) is 9. The first-order valence-corrected chi connectivity index (χ1v) is 10.6. The quantitative estimate of drug-likeness (QED) is 0.422. The summed E-state index contributed by atoms with van der Waals surface area (Å²) in [7, 11) is 0. The van der Waals surface area contributed by atoms with Gasteiger partial charge < -0.3 is 0 Å². The third-order valence-electron chi connectivity index (χ3n) is 2.85. The summed E-state index contributed by atoms with van der Waals surface area (Å²) in [4.78, 5) is 24.1. The van der Waals surface area contributed by atoms with Crippen molar-refractivity contribution < 1.29 is 9.59 Å². The van der Waals surface area contributed by atoms with Crippen LogP contribution in [0.3, 0.4) is 0 Å². The minimum absolute atomic E-state index is 0.130. The Morgan fingerprint density at radius 1 is 1.00 bits per heavy atom. The smallest absolute Gasteiger partial charge is 0.257 e. The number of aromatic nitrogens is 4. The largest absolute Gasteiger partial charge is 0.300 e. The van der Waals surface area contributed by atoms with E-state index in [-0.39, 0.29) is 11.7 Å². The zero-order chi connectivity index (χ0) is 19.4. The van der Waals surface area contributed by atoms with Gasteiger partial charge in [-0.1, -0.05) is 57.6 Å². The summed E-state index contributed by atoms with van der Waals surface area (Å²) < 4.78 is 0.540. The number of carbonyl (C=O) groups excluding carboxylic acids is 2. The van der Waals surface area contributed by atoms with Crippen molar-refractivity contribution in [3.8, 4) is 0 Å². The van der Waals surface area contributed by atoms with Gasteiger partial charge >= 0.3 is 0 Å². The van der Waals surface area contributed by atoms with Crippen LogP contribution in [0.5, 0.6) is 0 Å². The van der Waals surface area contributed by atoms with Gasteiger partial charge in [-0.05, 0) is 25.1 Å². The van der Waals surface area contributed by atoms with Crippen molar-refractivity contribution in [2.75, 3.05) is 16.4 Å². The van der Waals surface area contributed by atoms with Gasteiger partial charge in [-0.3, -0.25) is 20.2 Å². The molecule has 0 fully saturated rings. The minimum Gasteiger partial charge on any atom is -0.300 e. The first kappa shape index (κ1) is 20.0. The fraction of sp³-hybridized carbons (Fsp3) is 0.143. The number of carbonyl (C=O) groups is 2. The fourth-order valence-electron chi connectivity index (χ4n) is 1.80. The van der Waals surface area contributed by atoms with E-state index < -0.39 is 5.91 Å². The molecule has 0 unspecified atom stereocenters. The van der Waals surface area contributed by atoms with Gasteiger partial charge in [0.15, 0.2) is 4.34 Å². The maximum atomic E-state index is 12.2. The van der Waals surface area contributed by atoms with E-state index in [9.17, 15) is 9.59 Å². The molecule has 0 aliphatic carbocycles. The van der Waals surface area contributed by atoms with Gasteiger partial charge in [0, 0.05) is 15.6 Å². The lowest BCUT2D eigenvalue weighted by Crippen LogP contribution is -2.13. The maximum Gasteiger partial charge on any atom is 0.257 e. The van der Waals surface area contributed by atoms with Crippen LogP contribution in [-0.2, 0) is 4.79 Å². The second-order valence-corrected chi connectivity index (χ2v) is 9.20. The SMILES string of the molecule is Cc1nnc(NC(=O)CSc2nnc(NC(=O)c3cc(Cl)cc(Cl)c3)s2)s1. The summed E-state index contributed by atoms with van der Waals surface area (Å²) in [5, 5.41) is 23.0. The predicted octanol–water partition coefficient (Wildman–Crippen LogP) is 3.99. The molecule has 8 nitrogen and oxygen atoms in total. The Balaban J connectivity index is 1.53. The van der Waals surface area contributed by atoms with E-state index in [2.05, 4.69) is 31.0 Å². The molecule has 0 aliphatic heterocycles. The van der Waals surface area contributed by atoms with E-state index in [1.54, 1.807) is 6.92 Å². The van der Waals surface area contributed by atoms with Crippen LogP contribution in [0.1, 0.15) is 15.4 Å². The first-order valence-electron chi connectivity index (χ1n) is 7.23. The molecule has 0 aliphatic rings. The van der Waals surface area contributed by atoms with Crippen LogP contribution in [0.4, 0.5) is 10.3 Å². The molecule has 2 N–H and O–H groups in total. The number of hydrogen-bond donors (Lipinski definition) is 2. The van der Waals surface area contributed by atoms with Crippen LogP contribution in [0.2, 0.25) is 10.0 Å². The van der Waals surface area contributed by atoms with Crippen molar-refractivity contribution >= 4 is 79.7 Å². The maximum absolute atomic E-state index is 12.2. The van der Waals surface area contributed by atoms with Crippen molar-refractivity contribution in [3.63, 3.8) is 0 Å². The molecule has 13 heteroatoms. The van der Waals surface area contributed by atoms with E-state index in [4.69, 9.17) is 23.2 Å². The van der Waals surface area contributed by atoms with Crippen LogP contribution in [0.15, 0.2) is 22.5 Å². The Bertz CT molecular complexity index is 973. The van der Waals surface area contributed by atoms with Crippen LogP contribution in [0.25, 0.3) is 0 Å². The Morgan fingerprint density at radius 2 is 1.67 bits per heavy atom. The van der Waals surface area contributed by atoms with Gasteiger partial charge in [-0.25, -0.2) is 0 Å². The number of benzene rings is 1. The molecule has 3 rings (SSSR count). The Kier molecular flexibility index (Phi) is 6.60. The first-order chi connectivity index (χ1) is 12.9. The topological polar surface area (TPSA) is 110 Å². The van der Waals surface area contributed by atoms with E-state index in [0.29, 0.717) is 30.2 Å². The molecule has 0 atom stereocenters. The van der Waals surface area contributed by atoms with Gasteiger partial charge in [-0.2, -0.15) is 0 Å². The lowest BCUT2D eigenvalue weighted by atomic mass is 10.2. The van der Waals surface area contributed by atoms with Crippen molar-refractivity contribution in [2.24, 2.45) is 0 Å². The van der Waals surface area contributed by atoms with Crippen LogP contribution in [0, 0.1) is 6.92 Å². The summed E-state index contributed by atoms with van der Waals surface area (Å²) in [6, 6.07) is 4.53. The lowest BCUT2D eigenvalue weighted by molar-refractivity contribution is -0.113. The highest BCUT2D eigenvalue weighted by Gasteiger charge is 2.13. The van der Waals surface area contributed by atoms with Crippen LogP contribution >= 0.6 is 57.6 Å². The van der Waals surface area contributed by atoms with E-state index in [1.807, 2.05) is 0 Å². The molecule has 0 saturated carbocycles. The molecule has 2 amide bonds. The molecule has 0 radical (unpaired) electrons. The molecule has 3 aromatic rings. The third-order valence-corrected chi connectivity index (χ3v) is 6.01. The van der Waals surface area contributed by atoms with Crippen molar-refractivity contribution in [1.82, 2.24) is 20.4 Å². The molecule has 0 saturated heterocycles. The number of aryl methyl sites for hydroxylation is 1. The molecule has 2 aromatic heterocycles. The number of halogens is 2. The molecule has 0 spiro atoms. The number of amides is 2. The Morgan fingerprint density at radius 3 is 2.33 bits per heavy atom. The molecular weight excluding hydrogens is 451 g/mol. The molecule has 27 heavy (non-hydrogen) atoms. The Hall–Kier alpha value is -1.79. The molecular formula is C14H10Cl2N6O2S3. The monoisotopic (exact) mass is 460 g/mol. The average Bonchev–Trinajstić information content (AvgIpc) is 3.21. The highest BCUT2D eigenvalue weighted by molar-refractivity contribution is 8.01. The number of anilines is 2. The summed E-state index contributed by atoms with van der Waals surface area (Å²) in [6.07, 6.45) is 0. The van der Waals surface area contributed by atoms with Gasteiger partial charge in [0.2, 0.25) is 16.2 Å². The highest BCUT2D eigenvalue weighted by atomic mass is 35.5. The van der Waals surface area contributed by atoms with Crippen molar-refractivity contribution in [3.05, 3.63) is 38.8 Å². The van der Waals surface area contributed by atoms with Gasteiger partial charge in [0.1, 0.15) is 5.01 Å². The third kappa shape index (κ3) is 5.84. The molecule has 1 aromatic carbocycles. The zero-order valence-electron chi connectivity index (χ0n) is 13.5. The second-order valence-electron chi connectivity index (χ2n) is 4.95. The zero-order valence-corrected chi connectivity index (χ0v) is 17.5. The second kappa shape index (κ2) is 8.93. The van der Waals surface area contributed by atoms with Gasteiger partial charge in [-0.15, -0.1) is 20.4 Å². The number of thioether (sulfide) groups is 1. The van der Waals surface area contributed by atoms with Gasteiger partial charge in [0.05, 0.1) is 5.75 Å². The van der Waals surface area contributed by atoms with Crippen LogP contribution in [-0.4, -0.2) is 38.0 Å². The van der Waals surface area contributed by atoms with E-state index in [1.165, 1.54) is 41.3 Å². The average molecular weight is 461 g/mol. The van der Waals surface area contributed by atoms with Crippen molar-refractivity contribution in [2.45, 2.75) is 11.3 Å². The number of rotatable bonds is 6. The predicted molar refractivity (Wildman–Crippen MR) is 108 cm³/mol. The molecule has 0 bridgehead atoms. The van der Waals surface area contributed by atoms with E-state index >= 15 is 0 Å². The summed E-state index contributed by atoms with van der Waals surface area (Å²) in [6.45, 7) is 1.80.